The third kappa shape index (κ3) is 4.90. The van der Waals surface area contributed by atoms with Crippen molar-refractivity contribution in [2.24, 2.45) is 0 Å². The summed E-state index contributed by atoms with van der Waals surface area (Å²) in [6.07, 6.45) is 1.04. The summed E-state index contributed by atoms with van der Waals surface area (Å²) < 4.78 is 38.5. The van der Waals surface area contributed by atoms with Crippen molar-refractivity contribution in [2.75, 3.05) is 12.8 Å². The molecule has 0 unspecified atom stereocenters. The molecular formula is C13H19FN2O3S. The molecule has 20 heavy (non-hydrogen) atoms. The normalized spacial score (nSPS) is 12.2. The maximum absolute atomic E-state index is 13.8. The van der Waals surface area contributed by atoms with Gasteiger partial charge in [0, 0.05) is 12.1 Å². The van der Waals surface area contributed by atoms with Crippen LogP contribution in [0.15, 0.2) is 18.2 Å². The molecule has 5 nitrogen and oxygen atoms in total. The van der Waals surface area contributed by atoms with E-state index in [1.54, 1.807) is 32.9 Å². The van der Waals surface area contributed by atoms with Gasteiger partial charge in [-0.05, 0) is 32.4 Å². The Morgan fingerprint density at radius 3 is 2.50 bits per heavy atom. The van der Waals surface area contributed by atoms with Crippen LogP contribution in [0.5, 0.6) is 0 Å². The smallest absolute Gasteiger partial charge is 0.254 e. The molecule has 0 radical (unpaired) electrons. The van der Waals surface area contributed by atoms with Crippen LogP contribution in [-0.2, 0) is 10.0 Å². The molecule has 1 amide bonds. The number of hydrogen-bond acceptors (Lipinski definition) is 3. The average molecular weight is 302 g/mol. The number of rotatable bonds is 5. The van der Waals surface area contributed by atoms with Crippen molar-refractivity contribution < 1.29 is 17.6 Å². The van der Waals surface area contributed by atoms with Crippen molar-refractivity contribution in [3.05, 3.63) is 35.1 Å². The Labute approximate surface area is 118 Å². The van der Waals surface area contributed by atoms with Crippen molar-refractivity contribution in [3.8, 4) is 0 Å². The van der Waals surface area contributed by atoms with E-state index in [0.717, 1.165) is 6.26 Å². The molecule has 0 heterocycles. The van der Waals surface area contributed by atoms with E-state index in [4.69, 9.17) is 0 Å². The van der Waals surface area contributed by atoms with Crippen LogP contribution in [0.25, 0.3) is 0 Å². The van der Waals surface area contributed by atoms with Gasteiger partial charge in [-0.3, -0.25) is 4.79 Å². The zero-order valence-electron chi connectivity index (χ0n) is 12.0. The molecule has 1 aromatic carbocycles. The van der Waals surface area contributed by atoms with E-state index in [-0.39, 0.29) is 12.1 Å². The van der Waals surface area contributed by atoms with Gasteiger partial charge in [0.2, 0.25) is 10.0 Å². The number of aryl methyl sites for hydroxylation is 1. The summed E-state index contributed by atoms with van der Waals surface area (Å²) in [4.78, 5) is 11.9. The molecule has 0 atom stereocenters. The fourth-order valence-corrected chi connectivity index (χ4v) is 2.83. The number of nitrogens with one attached hydrogen (secondary N) is 2. The predicted octanol–water partition coefficient (Wildman–Crippen LogP) is 1.19. The van der Waals surface area contributed by atoms with E-state index < -0.39 is 27.3 Å². The average Bonchev–Trinajstić information content (AvgIpc) is 2.27. The summed E-state index contributed by atoms with van der Waals surface area (Å²) in [6.45, 7) is 4.87. The van der Waals surface area contributed by atoms with Gasteiger partial charge in [0.15, 0.2) is 0 Å². The Morgan fingerprint density at radius 1 is 1.35 bits per heavy atom. The minimum atomic E-state index is -3.38. The van der Waals surface area contributed by atoms with E-state index in [2.05, 4.69) is 10.0 Å². The van der Waals surface area contributed by atoms with Crippen LogP contribution in [0.1, 0.15) is 29.8 Å². The van der Waals surface area contributed by atoms with Gasteiger partial charge in [0.1, 0.15) is 5.82 Å². The van der Waals surface area contributed by atoms with Gasteiger partial charge in [0.05, 0.1) is 11.8 Å². The maximum atomic E-state index is 13.8. The molecule has 7 heteroatoms. The number of carbonyl (C=O) groups is 1. The van der Waals surface area contributed by atoms with Crippen LogP contribution in [0, 0.1) is 12.7 Å². The summed E-state index contributed by atoms with van der Waals surface area (Å²) in [6, 6.07) is 4.54. The summed E-state index contributed by atoms with van der Waals surface area (Å²) >= 11 is 0. The number of amides is 1. The summed E-state index contributed by atoms with van der Waals surface area (Å²) in [5, 5.41) is 2.52. The molecule has 0 aliphatic heterocycles. The molecule has 0 fully saturated rings. The van der Waals surface area contributed by atoms with Crippen LogP contribution in [0.4, 0.5) is 4.39 Å². The first kappa shape index (κ1) is 16.6. The Balaban J connectivity index is 2.75. The highest BCUT2D eigenvalue weighted by molar-refractivity contribution is 7.88. The van der Waals surface area contributed by atoms with Crippen molar-refractivity contribution in [3.63, 3.8) is 0 Å². The van der Waals surface area contributed by atoms with Crippen LogP contribution >= 0.6 is 0 Å². The molecule has 0 aliphatic carbocycles. The second-order valence-corrected chi connectivity index (χ2v) is 7.13. The zero-order chi connectivity index (χ0) is 15.6. The molecule has 0 bridgehead atoms. The lowest BCUT2D eigenvalue weighted by Gasteiger charge is -2.25. The quantitative estimate of drug-likeness (QED) is 0.858. The van der Waals surface area contributed by atoms with Crippen LogP contribution < -0.4 is 10.0 Å². The van der Waals surface area contributed by atoms with Crippen molar-refractivity contribution in [2.45, 2.75) is 26.3 Å². The number of hydrogen-bond donors (Lipinski definition) is 2. The monoisotopic (exact) mass is 302 g/mol. The molecule has 1 aromatic rings. The third-order valence-electron chi connectivity index (χ3n) is 2.59. The van der Waals surface area contributed by atoms with Crippen LogP contribution in [-0.4, -0.2) is 32.7 Å². The molecule has 0 saturated carbocycles. The van der Waals surface area contributed by atoms with Gasteiger partial charge < -0.3 is 5.32 Å². The van der Waals surface area contributed by atoms with Gasteiger partial charge in [-0.25, -0.2) is 17.5 Å². The van der Waals surface area contributed by atoms with Gasteiger partial charge in [0.25, 0.3) is 5.91 Å². The molecule has 0 spiro atoms. The highest BCUT2D eigenvalue weighted by Crippen LogP contribution is 2.12. The van der Waals surface area contributed by atoms with E-state index in [9.17, 15) is 17.6 Å². The molecule has 0 saturated heterocycles. The molecule has 2 N–H and O–H groups in total. The first-order valence-electron chi connectivity index (χ1n) is 6.04. The van der Waals surface area contributed by atoms with Gasteiger partial charge in [-0.1, -0.05) is 12.1 Å². The fraction of sp³-hybridized carbons (Fsp3) is 0.462. The Hall–Kier alpha value is -1.47. The van der Waals surface area contributed by atoms with Crippen LogP contribution in [0.2, 0.25) is 0 Å². The SMILES string of the molecule is Cc1cccc(C(=O)NCC(C)(C)NS(C)(=O)=O)c1F. The lowest BCUT2D eigenvalue weighted by molar-refractivity contribution is 0.0940. The van der Waals surface area contributed by atoms with Crippen molar-refractivity contribution in [1.82, 2.24) is 10.0 Å². The van der Waals surface area contributed by atoms with Gasteiger partial charge >= 0.3 is 0 Å². The van der Waals surface area contributed by atoms with Gasteiger partial charge in [-0.15, -0.1) is 0 Å². The maximum Gasteiger partial charge on any atom is 0.254 e. The summed E-state index contributed by atoms with van der Waals surface area (Å²) in [5.74, 6) is -1.14. The highest BCUT2D eigenvalue weighted by Gasteiger charge is 2.23. The first-order chi connectivity index (χ1) is 9.02. The fourth-order valence-electron chi connectivity index (χ4n) is 1.76. The lowest BCUT2D eigenvalue weighted by atomic mass is 10.1. The predicted molar refractivity (Wildman–Crippen MR) is 75.5 cm³/mol. The van der Waals surface area contributed by atoms with E-state index >= 15 is 0 Å². The van der Waals surface area contributed by atoms with Gasteiger partial charge in [-0.2, -0.15) is 0 Å². The topological polar surface area (TPSA) is 75.3 Å². The zero-order valence-corrected chi connectivity index (χ0v) is 12.8. The number of halogens is 1. The highest BCUT2D eigenvalue weighted by atomic mass is 32.2. The Morgan fingerprint density at radius 2 is 1.95 bits per heavy atom. The first-order valence-corrected chi connectivity index (χ1v) is 7.93. The van der Waals surface area contributed by atoms with Crippen molar-refractivity contribution >= 4 is 15.9 Å². The van der Waals surface area contributed by atoms with E-state index in [1.165, 1.54) is 6.07 Å². The summed E-state index contributed by atoms with van der Waals surface area (Å²) in [7, 11) is -3.38. The summed E-state index contributed by atoms with van der Waals surface area (Å²) in [5.41, 5.74) is -0.532. The second-order valence-electron chi connectivity index (χ2n) is 5.38. The number of sulfonamides is 1. The second kappa shape index (κ2) is 5.88. The molecule has 112 valence electrons. The van der Waals surface area contributed by atoms with Crippen molar-refractivity contribution in [1.29, 1.82) is 0 Å². The molecular weight excluding hydrogens is 283 g/mol. The standard InChI is InChI=1S/C13H19FN2O3S/c1-9-6-5-7-10(11(9)14)12(17)15-8-13(2,3)16-20(4,18)19/h5-7,16H,8H2,1-4H3,(H,15,17). The minimum Gasteiger partial charge on any atom is -0.350 e. The molecule has 0 aliphatic rings. The van der Waals surface area contributed by atoms with E-state index in [1.807, 2.05) is 0 Å². The van der Waals surface area contributed by atoms with E-state index in [0.29, 0.717) is 5.56 Å². The third-order valence-corrected chi connectivity index (χ3v) is 3.51. The molecule has 0 aromatic heterocycles. The number of carbonyl (C=O) groups excluding carboxylic acids is 1. The van der Waals surface area contributed by atoms with Crippen LogP contribution in [0.3, 0.4) is 0 Å². The largest absolute Gasteiger partial charge is 0.350 e. The minimum absolute atomic E-state index is 0.0479. The molecule has 1 rings (SSSR count). The Bertz CT molecular complexity index is 612. The lowest BCUT2D eigenvalue weighted by Crippen LogP contribution is -2.51. The number of benzene rings is 1. The Kier molecular flexibility index (Phi) is 4.88.